The van der Waals surface area contributed by atoms with Crippen molar-refractivity contribution in [2.45, 2.75) is 53.4 Å². The van der Waals surface area contributed by atoms with Gasteiger partial charge in [0.05, 0.1) is 0 Å². The summed E-state index contributed by atoms with van der Waals surface area (Å²) in [6, 6.07) is 4.07. The Morgan fingerprint density at radius 3 is 1.94 bits per heavy atom. The van der Waals surface area contributed by atoms with E-state index < -0.39 is 0 Å². The summed E-state index contributed by atoms with van der Waals surface area (Å²) in [6.45, 7) is 8.36. The monoisotopic (exact) mass is 310 g/mol. The zero-order valence-corrected chi connectivity index (χ0v) is 13.4. The van der Waals surface area contributed by atoms with E-state index in [0.717, 1.165) is 46.8 Å². The number of ketones is 1. The van der Waals surface area contributed by atoms with Crippen LogP contribution >= 0.6 is 15.9 Å². The predicted octanol–water partition coefficient (Wildman–Crippen LogP) is 5.47. The minimum absolute atomic E-state index is 0.193. The average molecular weight is 311 g/mol. The largest absolute Gasteiger partial charge is 0.294 e. The van der Waals surface area contributed by atoms with E-state index in [-0.39, 0.29) is 5.92 Å². The maximum atomic E-state index is 12.7. The molecule has 0 saturated heterocycles. The van der Waals surface area contributed by atoms with Gasteiger partial charge in [0, 0.05) is 16.0 Å². The fourth-order valence-electron chi connectivity index (χ4n) is 2.61. The summed E-state index contributed by atoms with van der Waals surface area (Å²) >= 11 is 3.48. The van der Waals surface area contributed by atoms with Crippen molar-refractivity contribution in [1.29, 1.82) is 0 Å². The van der Waals surface area contributed by atoms with Gasteiger partial charge in [-0.1, -0.05) is 42.6 Å². The number of benzene rings is 1. The molecule has 0 saturated carbocycles. The zero-order valence-electron chi connectivity index (χ0n) is 11.8. The maximum absolute atomic E-state index is 12.7. The molecule has 1 aromatic rings. The van der Waals surface area contributed by atoms with E-state index in [1.807, 2.05) is 26.0 Å². The molecule has 0 radical (unpaired) electrons. The molecule has 2 heteroatoms. The number of rotatable bonds is 6. The highest BCUT2D eigenvalue weighted by molar-refractivity contribution is 9.10. The Morgan fingerprint density at radius 2 is 1.56 bits per heavy atom. The molecule has 0 fully saturated rings. The maximum Gasteiger partial charge on any atom is 0.166 e. The summed E-state index contributed by atoms with van der Waals surface area (Å²) in [7, 11) is 0. The Labute approximate surface area is 119 Å². The molecule has 1 rings (SSSR count). The first-order valence-electron chi connectivity index (χ1n) is 6.82. The summed E-state index contributed by atoms with van der Waals surface area (Å²) in [6.07, 6.45) is 4.15. The first kappa shape index (κ1) is 15.4. The minimum atomic E-state index is 0.193. The summed E-state index contributed by atoms with van der Waals surface area (Å²) in [5.41, 5.74) is 3.11. The molecule has 0 aromatic heterocycles. The van der Waals surface area contributed by atoms with Gasteiger partial charge in [-0.05, 0) is 49.9 Å². The molecule has 0 aliphatic rings. The third-order valence-corrected chi connectivity index (χ3v) is 3.85. The van der Waals surface area contributed by atoms with Gasteiger partial charge in [-0.3, -0.25) is 4.79 Å². The highest BCUT2D eigenvalue weighted by atomic mass is 79.9. The van der Waals surface area contributed by atoms with Crippen LogP contribution in [0.1, 0.15) is 61.0 Å². The minimum Gasteiger partial charge on any atom is -0.294 e. The Morgan fingerprint density at radius 1 is 1.11 bits per heavy atom. The molecule has 0 heterocycles. The highest BCUT2D eigenvalue weighted by Crippen LogP contribution is 2.26. The molecule has 0 bridgehead atoms. The Balaban J connectivity index is 3.08. The Kier molecular flexibility index (Phi) is 6.07. The standard InChI is InChI=1S/C16H23BrO/c1-5-7-13(8-6-2)16(18)15-11(3)9-14(17)10-12(15)4/h9-10,13H,5-8H2,1-4H3. The molecule has 18 heavy (non-hydrogen) atoms. The lowest BCUT2D eigenvalue weighted by Gasteiger charge is -2.17. The van der Waals surface area contributed by atoms with Crippen LogP contribution < -0.4 is 0 Å². The van der Waals surface area contributed by atoms with Crippen molar-refractivity contribution >= 4 is 21.7 Å². The molecule has 0 spiro atoms. The number of Topliss-reactive ketones (excluding diaryl/α,β-unsaturated/α-hetero) is 1. The van der Waals surface area contributed by atoms with Crippen molar-refractivity contribution in [2.75, 3.05) is 0 Å². The third-order valence-electron chi connectivity index (χ3n) is 3.39. The van der Waals surface area contributed by atoms with Gasteiger partial charge in [-0.15, -0.1) is 0 Å². The van der Waals surface area contributed by atoms with Crippen LogP contribution in [0.2, 0.25) is 0 Å². The van der Waals surface area contributed by atoms with E-state index in [1.165, 1.54) is 0 Å². The second-order valence-corrected chi connectivity index (χ2v) is 5.97. The Hall–Kier alpha value is -0.630. The van der Waals surface area contributed by atoms with Gasteiger partial charge in [0.25, 0.3) is 0 Å². The van der Waals surface area contributed by atoms with Gasteiger partial charge in [0.15, 0.2) is 5.78 Å². The number of carbonyl (C=O) groups excluding carboxylic acids is 1. The van der Waals surface area contributed by atoms with Crippen molar-refractivity contribution in [2.24, 2.45) is 5.92 Å². The molecule has 0 atom stereocenters. The molecule has 100 valence electrons. The first-order chi connectivity index (χ1) is 8.51. The van der Waals surface area contributed by atoms with Gasteiger partial charge in [-0.25, -0.2) is 0 Å². The quantitative estimate of drug-likeness (QED) is 0.637. The molecule has 0 N–H and O–H groups in total. The molecular formula is C16H23BrO. The van der Waals surface area contributed by atoms with Crippen LogP contribution in [0.25, 0.3) is 0 Å². The molecule has 1 aromatic carbocycles. The van der Waals surface area contributed by atoms with Crippen molar-refractivity contribution in [1.82, 2.24) is 0 Å². The number of hydrogen-bond donors (Lipinski definition) is 0. The average Bonchev–Trinajstić information content (AvgIpc) is 2.27. The summed E-state index contributed by atoms with van der Waals surface area (Å²) in [5, 5.41) is 0. The van der Waals surface area contributed by atoms with Gasteiger partial charge >= 0.3 is 0 Å². The Bertz CT molecular complexity index is 394. The normalized spacial score (nSPS) is 11.0. The summed E-state index contributed by atoms with van der Waals surface area (Å²) < 4.78 is 1.05. The summed E-state index contributed by atoms with van der Waals surface area (Å²) in [5.74, 6) is 0.528. The molecule has 0 aliphatic carbocycles. The van der Waals surface area contributed by atoms with Crippen LogP contribution in [-0.2, 0) is 0 Å². The second kappa shape index (κ2) is 7.08. The first-order valence-corrected chi connectivity index (χ1v) is 7.61. The lowest BCUT2D eigenvalue weighted by atomic mass is 9.86. The number of carbonyl (C=O) groups is 1. The van der Waals surface area contributed by atoms with E-state index in [9.17, 15) is 4.79 Å². The van der Waals surface area contributed by atoms with Gasteiger partial charge in [0.1, 0.15) is 0 Å². The van der Waals surface area contributed by atoms with Crippen LogP contribution in [0.3, 0.4) is 0 Å². The smallest absolute Gasteiger partial charge is 0.166 e. The van der Waals surface area contributed by atoms with Crippen molar-refractivity contribution in [3.05, 3.63) is 33.3 Å². The molecule has 0 amide bonds. The van der Waals surface area contributed by atoms with E-state index in [1.54, 1.807) is 0 Å². The molecule has 0 unspecified atom stereocenters. The van der Waals surface area contributed by atoms with Crippen molar-refractivity contribution in [3.8, 4) is 0 Å². The van der Waals surface area contributed by atoms with Crippen LogP contribution in [-0.4, -0.2) is 5.78 Å². The van der Waals surface area contributed by atoms with Crippen LogP contribution in [0.15, 0.2) is 16.6 Å². The predicted molar refractivity (Wildman–Crippen MR) is 81.3 cm³/mol. The highest BCUT2D eigenvalue weighted by Gasteiger charge is 2.21. The second-order valence-electron chi connectivity index (χ2n) is 5.05. The summed E-state index contributed by atoms with van der Waals surface area (Å²) in [4.78, 5) is 12.7. The van der Waals surface area contributed by atoms with Crippen LogP contribution in [0.4, 0.5) is 0 Å². The zero-order chi connectivity index (χ0) is 13.7. The van der Waals surface area contributed by atoms with Crippen LogP contribution in [0, 0.1) is 19.8 Å². The van der Waals surface area contributed by atoms with Crippen LogP contribution in [0.5, 0.6) is 0 Å². The van der Waals surface area contributed by atoms with Gasteiger partial charge in [0.2, 0.25) is 0 Å². The third kappa shape index (κ3) is 3.68. The lowest BCUT2D eigenvalue weighted by Crippen LogP contribution is -2.17. The van der Waals surface area contributed by atoms with E-state index in [4.69, 9.17) is 0 Å². The molecule has 1 nitrogen and oxygen atoms in total. The fraction of sp³-hybridized carbons (Fsp3) is 0.562. The van der Waals surface area contributed by atoms with Crippen molar-refractivity contribution in [3.63, 3.8) is 0 Å². The van der Waals surface area contributed by atoms with Crippen molar-refractivity contribution < 1.29 is 4.79 Å². The number of hydrogen-bond acceptors (Lipinski definition) is 1. The fourth-order valence-corrected chi connectivity index (χ4v) is 3.29. The van der Waals surface area contributed by atoms with Gasteiger partial charge < -0.3 is 0 Å². The molecule has 0 aliphatic heterocycles. The van der Waals surface area contributed by atoms with E-state index in [0.29, 0.717) is 5.78 Å². The number of aryl methyl sites for hydroxylation is 2. The topological polar surface area (TPSA) is 17.1 Å². The lowest BCUT2D eigenvalue weighted by molar-refractivity contribution is 0.0903. The van der Waals surface area contributed by atoms with Gasteiger partial charge in [-0.2, -0.15) is 0 Å². The molecular weight excluding hydrogens is 288 g/mol. The van der Waals surface area contributed by atoms with E-state index >= 15 is 0 Å². The van der Waals surface area contributed by atoms with E-state index in [2.05, 4.69) is 29.8 Å². The SMILES string of the molecule is CCCC(CCC)C(=O)c1c(C)cc(Br)cc1C. The number of halogens is 1.